The molecule has 2 aromatic rings. The highest BCUT2D eigenvalue weighted by molar-refractivity contribution is 8.00. The largest absolute Gasteiger partial charge is 0.446 e. The summed E-state index contributed by atoms with van der Waals surface area (Å²) >= 11 is 5.84. The zero-order valence-electron chi connectivity index (χ0n) is 20.1. The van der Waals surface area contributed by atoms with Crippen LogP contribution in [-0.4, -0.2) is 66.0 Å². The van der Waals surface area contributed by atoms with Gasteiger partial charge in [-0.25, -0.2) is 0 Å². The van der Waals surface area contributed by atoms with Gasteiger partial charge in [0.25, 0.3) is 0 Å². The number of carbonyl (C=O) groups excluding carboxylic acids is 1. The van der Waals surface area contributed by atoms with Gasteiger partial charge in [-0.3, -0.25) is 4.79 Å². The summed E-state index contributed by atoms with van der Waals surface area (Å²) in [7, 11) is 0. The molecule has 2 N–H and O–H groups in total. The summed E-state index contributed by atoms with van der Waals surface area (Å²) in [6, 6.07) is 14.7. The summed E-state index contributed by atoms with van der Waals surface area (Å²) < 4.78 is 37.4. The number of thioether (sulfide) groups is 1. The molecule has 1 amide bonds. The Kier molecular flexibility index (Phi) is 9.30. The van der Waals surface area contributed by atoms with E-state index in [1.165, 1.54) is 12.1 Å². The van der Waals surface area contributed by atoms with Gasteiger partial charge >= 0.3 is 5.51 Å². The van der Waals surface area contributed by atoms with Crippen molar-refractivity contribution in [2.45, 2.75) is 54.6 Å². The maximum Gasteiger partial charge on any atom is 0.446 e. The van der Waals surface area contributed by atoms with Crippen LogP contribution in [0.4, 0.5) is 24.5 Å². The van der Waals surface area contributed by atoms with Gasteiger partial charge in [-0.2, -0.15) is 13.2 Å². The van der Waals surface area contributed by atoms with Crippen molar-refractivity contribution in [1.82, 2.24) is 9.80 Å². The highest BCUT2D eigenvalue weighted by Crippen LogP contribution is 2.37. The van der Waals surface area contributed by atoms with Crippen LogP contribution in [0, 0.1) is 0 Å². The molecular formula is C26H32ClF3N4OS. The molecule has 0 spiro atoms. The summed E-state index contributed by atoms with van der Waals surface area (Å²) in [5, 5.41) is 7.69. The van der Waals surface area contributed by atoms with E-state index in [9.17, 15) is 18.0 Å². The molecule has 36 heavy (non-hydrogen) atoms. The molecular weight excluding hydrogens is 509 g/mol. The first-order chi connectivity index (χ1) is 17.2. The van der Waals surface area contributed by atoms with Crippen molar-refractivity contribution in [3.05, 3.63) is 53.6 Å². The van der Waals surface area contributed by atoms with E-state index in [0.717, 1.165) is 61.7 Å². The summed E-state index contributed by atoms with van der Waals surface area (Å²) in [5.74, 6) is 0.198. The lowest BCUT2D eigenvalue weighted by atomic mass is 10.0. The van der Waals surface area contributed by atoms with Crippen LogP contribution in [0.15, 0.2) is 53.4 Å². The van der Waals surface area contributed by atoms with E-state index in [-0.39, 0.29) is 28.6 Å². The van der Waals surface area contributed by atoms with Crippen LogP contribution in [0.1, 0.15) is 32.1 Å². The molecule has 0 aromatic heterocycles. The average Bonchev–Trinajstić information content (AvgIpc) is 2.86. The van der Waals surface area contributed by atoms with Crippen molar-refractivity contribution in [2.24, 2.45) is 0 Å². The minimum atomic E-state index is -4.28. The molecule has 2 fully saturated rings. The number of anilines is 2. The van der Waals surface area contributed by atoms with Crippen molar-refractivity contribution >= 4 is 40.6 Å². The number of piperidine rings is 2. The Hall–Kier alpha value is -2.10. The van der Waals surface area contributed by atoms with Gasteiger partial charge in [0.2, 0.25) is 5.91 Å². The number of nitrogens with one attached hydrogen (secondary N) is 2. The van der Waals surface area contributed by atoms with Crippen molar-refractivity contribution in [3.8, 4) is 0 Å². The molecule has 10 heteroatoms. The SMILES string of the molecule is O=C(CCN1CCC(Nc2ccc(Cl)cc2)CC1)N1CCC(Nc2ccc(SC(F)(F)F)cc2)CC1. The topological polar surface area (TPSA) is 47.6 Å². The molecule has 2 aliphatic heterocycles. The quantitative estimate of drug-likeness (QED) is 0.384. The minimum absolute atomic E-state index is 0.108. The second-order valence-electron chi connectivity index (χ2n) is 9.39. The standard InChI is InChI=1S/C26H32ClF3N4OS/c27-19-1-3-20(4-2-19)31-22-9-14-33(15-10-22)16-13-25(35)34-17-11-23(12-18-34)32-21-5-7-24(8-6-21)36-26(28,29)30/h1-8,22-23,31-32H,9-18H2. The van der Waals surface area contributed by atoms with E-state index >= 15 is 0 Å². The van der Waals surface area contributed by atoms with Crippen LogP contribution in [0.25, 0.3) is 0 Å². The van der Waals surface area contributed by atoms with Gasteiger partial charge in [0, 0.05) is 72.5 Å². The number of rotatable bonds is 8. The summed E-state index contributed by atoms with van der Waals surface area (Å²) in [5.41, 5.74) is -2.39. The average molecular weight is 541 g/mol. The zero-order chi connectivity index (χ0) is 25.5. The summed E-state index contributed by atoms with van der Waals surface area (Å²) in [6.07, 6.45) is 4.28. The molecule has 0 unspecified atom stereocenters. The highest BCUT2D eigenvalue weighted by atomic mass is 35.5. The second-order valence-corrected chi connectivity index (χ2v) is 11.0. The van der Waals surface area contributed by atoms with Crippen LogP contribution < -0.4 is 10.6 Å². The Bertz CT molecular complexity index is 974. The molecule has 0 aliphatic carbocycles. The zero-order valence-corrected chi connectivity index (χ0v) is 21.6. The van der Waals surface area contributed by atoms with Gasteiger partial charge in [-0.05, 0) is 86.0 Å². The van der Waals surface area contributed by atoms with E-state index in [2.05, 4.69) is 15.5 Å². The van der Waals surface area contributed by atoms with Crippen LogP contribution in [-0.2, 0) is 4.79 Å². The van der Waals surface area contributed by atoms with Crippen molar-refractivity contribution in [2.75, 3.05) is 43.4 Å². The van der Waals surface area contributed by atoms with Crippen LogP contribution in [0.5, 0.6) is 0 Å². The lowest BCUT2D eigenvalue weighted by Gasteiger charge is -2.35. The first-order valence-electron chi connectivity index (χ1n) is 12.4. The molecule has 0 saturated carbocycles. The Morgan fingerprint density at radius 3 is 1.89 bits per heavy atom. The van der Waals surface area contributed by atoms with Gasteiger partial charge in [0.1, 0.15) is 0 Å². The van der Waals surface area contributed by atoms with Crippen LogP contribution in [0.3, 0.4) is 0 Å². The van der Waals surface area contributed by atoms with Gasteiger partial charge in [-0.15, -0.1) is 0 Å². The Balaban J connectivity index is 1.12. The Labute approximate surface area is 219 Å². The number of benzene rings is 2. The fourth-order valence-corrected chi connectivity index (χ4v) is 5.42. The van der Waals surface area contributed by atoms with Gasteiger partial charge < -0.3 is 20.4 Å². The smallest absolute Gasteiger partial charge is 0.382 e. The summed E-state index contributed by atoms with van der Waals surface area (Å²) in [6.45, 7) is 4.14. The number of likely N-dealkylation sites (tertiary alicyclic amines) is 2. The molecule has 0 atom stereocenters. The number of amides is 1. The molecule has 4 rings (SSSR count). The lowest BCUT2D eigenvalue weighted by Crippen LogP contribution is -2.44. The minimum Gasteiger partial charge on any atom is -0.382 e. The third-order valence-corrected chi connectivity index (χ3v) is 7.74. The van der Waals surface area contributed by atoms with E-state index in [1.54, 1.807) is 12.1 Å². The van der Waals surface area contributed by atoms with Gasteiger partial charge in [0.05, 0.1) is 0 Å². The van der Waals surface area contributed by atoms with E-state index in [4.69, 9.17) is 11.6 Å². The molecule has 2 aliphatic rings. The van der Waals surface area contributed by atoms with Crippen LogP contribution in [0.2, 0.25) is 5.02 Å². The van der Waals surface area contributed by atoms with Crippen molar-refractivity contribution in [1.29, 1.82) is 0 Å². The normalized spacial score (nSPS) is 18.3. The first kappa shape index (κ1) is 26.9. The summed E-state index contributed by atoms with van der Waals surface area (Å²) in [4.78, 5) is 17.2. The molecule has 0 bridgehead atoms. The van der Waals surface area contributed by atoms with E-state index < -0.39 is 5.51 Å². The number of halogens is 4. The third-order valence-electron chi connectivity index (χ3n) is 6.75. The molecule has 2 saturated heterocycles. The lowest BCUT2D eigenvalue weighted by molar-refractivity contribution is -0.132. The third kappa shape index (κ3) is 8.49. The Morgan fingerprint density at radius 2 is 1.36 bits per heavy atom. The number of hydrogen-bond acceptors (Lipinski definition) is 5. The van der Waals surface area contributed by atoms with Crippen LogP contribution >= 0.6 is 23.4 Å². The van der Waals surface area contributed by atoms with Crippen molar-refractivity contribution in [3.63, 3.8) is 0 Å². The fraction of sp³-hybridized carbons (Fsp3) is 0.500. The molecule has 2 aromatic carbocycles. The van der Waals surface area contributed by atoms with Gasteiger partial charge in [0.15, 0.2) is 0 Å². The fourth-order valence-electron chi connectivity index (χ4n) is 4.76. The Morgan fingerprint density at radius 1 is 0.861 bits per heavy atom. The number of hydrogen-bond donors (Lipinski definition) is 2. The second kappa shape index (κ2) is 12.4. The van der Waals surface area contributed by atoms with Crippen molar-refractivity contribution < 1.29 is 18.0 Å². The molecule has 0 radical (unpaired) electrons. The first-order valence-corrected chi connectivity index (χ1v) is 13.6. The molecule has 2 heterocycles. The number of nitrogens with zero attached hydrogens (tertiary/aromatic N) is 2. The highest BCUT2D eigenvalue weighted by Gasteiger charge is 2.29. The van der Waals surface area contributed by atoms with Gasteiger partial charge in [-0.1, -0.05) is 11.6 Å². The van der Waals surface area contributed by atoms with E-state index in [0.29, 0.717) is 25.6 Å². The predicted octanol–water partition coefficient (Wildman–Crippen LogP) is 6.32. The molecule has 5 nitrogen and oxygen atoms in total. The monoisotopic (exact) mass is 540 g/mol. The maximum atomic E-state index is 12.8. The predicted molar refractivity (Wildman–Crippen MR) is 141 cm³/mol. The number of carbonyl (C=O) groups is 1. The number of alkyl halides is 3. The molecule has 196 valence electrons. The van der Waals surface area contributed by atoms with E-state index in [1.807, 2.05) is 29.2 Å². The maximum absolute atomic E-state index is 12.8.